The summed E-state index contributed by atoms with van der Waals surface area (Å²) in [5, 5.41) is 0. The molecule has 0 aliphatic carbocycles. The molecule has 1 aliphatic heterocycles. The van der Waals surface area contributed by atoms with Crippen LogP contribution in [-0.2, 0) is 11.3 Å². The molecule has 0 spiro atoms. The van der Waals surface area contributed by atoms with E-state index in [0.29, 0.717) is 28.1 Å². The molecule has 4 nitrogen and oxygen atoms in total. The molecule has 118 valence electrons. The van der Waals surface area contributed by atoms with Crippen LogP contribution in [0.25, 0.3) is 6.08 Å². The molecule has 1 amide bonds. The van der Waals surface area contributed by atoms with Gasteiger partial charge in [0.15, 0.2) is 0 Å². The van der Waals surface area contributed by atoms with E-state index in [1.165, 1.54) is 11.8 Å². The molecule has 0 bridgehead atoms. The zero-order valence-corrected chi connectivity index (χ0v) is 14.2. The molecule has 1 aromatic carbocycles. The van der Waals surface area contributed by atoms with E-state index in [1.54, 1.807) is 17.2 Å². The second kappa shape index (κ2) is 7.02. The van der Waals surface area contributed by atoms with Crippen LogP contribution < -0.4 is 4.74 Å². The Balaban J connectivity index is 1.75. The molecule has 2 aromatic rings. The number of carbonyl (C=O) groups is 1. The van der Waals surface area contributed by atoms with Crippen LogP contribution >= 0.6 is 24.0 Å². The summed E-state index contributed by atoms with van der Waals surface area (Å²) in [5.74, 6) is 1.43. The van der Waals surface area contributed by atoms with E-state index in [4.69, 9.17) is 21.4 Å². The van der Waals surface area contributed by atoms with Crippen molar-refractivity contribution >= 4 is 40.3 Å². The number of thioether (sulfide) groups is 1. The molecule has 2 heterocycles. The zero-order chi connectivity index (χ0) is 16.2. The van der Waals surface area contributed by atoms with Crippen molar-refractivity contribution < 1.29 is 13.9 Å². The lowest BCUT2D eigenvalue weighted by atomic mass is 10.2. The van der Waals surface area contributed by atoms with Gasteiger partial charge in [-0.05, 0) is 42.8 Å². The van der Waals surface area contributed by atoms with E-state index in [-0.39, 0.29) is 5.91 Å². The molecule has 6 heteroatoms. The summed E-state index contributed by atoms with van der Waals surface area (Å²) < 4.78 is 11.2. The molecule has 1 fully saturated rings. The summed E-state index contributed by atoms with van der Waals surface area (Å²) in [6, 6.07) is 11.2. The largest absolute Gasteiger partial charge is 0.494 e. The lowest BCUT2D eigenvalue weighted by Crippen LogP contribution is -2.27. The van der Waals surface area contributed by atoms with Gasteiger partial charge >= 0.3 is 0 Å². The highest BCUT2D eigenvalue weighted by atomic mass is 32.2. The highest BCUT2D eigenvalue weighted by Crippen LogP contribution is 2.33. The molecular formula is C17H15NO3S2. The lowest BCUT2D eigenvalue weighted by molar-refractivity contribution is -0.122. The Hall–Kier alpha value is -2.05. The van der Waals surface area contributed by atoms with Gasteiger partial charge in [0.1, 0.15) is 15.8 Å². The predicted octanol–water partition coefficient (Wildman–Crippen LogP) is 4.08. The lowest BCUT2D eigenvalue weighted by Gasteiger charge is -2.11. The van der Waals surface area contributed by atoms with Crippen LogP contribution in [0.3, 0.4) is 0 Å². The molecule has 0 saturated carbocycles. The van der Waals surface area contributed by atoms with Crippen LogP contribution in [-0.4, -0.2) is 21.7 Å². The van der Waals surface area contributed by atoms with Crippen LogP contribution in [0.5, 0.6) is 5.75 Å². The smallest absolute Gasteiger partial charge is 0.266 e. The fourth-order valence-electron chi connectivity index (χ4n) is 2.17. The highest BCUT2D eigenvalue weighted by Gasteiger charge is 2.32. The number of thiocarbonyl (C=S) groups is 1. The Labute approximate surface area is 144 Å². The number of furan rings is 1. The Morgan fingerprint density at radius 2 is 2.09 bits per heavy atom. The summed E-state index contributed by atoms with van der Waals surface area (Å²) in [7, 11) is 0. The van der Waals surface area contributed by atoms with Gasteiger partial charge in [0.25, 0.3) is 5.91 Å². The van der Waals surface area contributed by atoms with Crippen LogP contribution in [0.2, 0.25) is 0 Å². The predicted molar refractivity (Wildman–Crippen MR) is 95.0 cm³/mol. The summed E-state index contributed by atoms with van der Waals surface area (Å²) in [4.78, 5) is 14.7. The van der Waals surface area contributed by atoms with Gasteiger partial charge in [0.05, 0.1) is 24.3 Å². The average Bonchev–Trinajstić information content (AvgIpc) is 3.14. The third kappa shape index (κ3) is 3.65. The molecule has 0 unspecified atom stereocenters. The molecule has 23 heavy (non-hydrogen) atoms. The van der Waals surface area contributed by atoms with Crippen molar-refractivity contribution in [2.45, 2.75) is 13.5 Å². The van der Waals surface area contributed by atoms with Gasteiger partial charge in [-0.15, -0.1) is 0 Å². The SMILES string of the molecule is CCOc1ccc(C=C2SC(=S)N(Cc3ccco3)C2=O)cc1. The van der Waals surface area contributed by atoms with E-state index >= 15 is 0 Å². The fraction of sp³-hybridized carbons (Fsp3) is 0.176. The van der Waals surface area contributed by atoms with Crippen molar-refractivity contribution in [1.29, 1.82) is 0 Å². The average molecular weight is 345 g/mol. The molecule has 0 N–H and O–H groups in total. The number of rotatable bonds is 5. The van der Waals surface area contributed by atoms with Crippen LogP contribution in [0.15, 0.2) is 52.0 Å². The van der Waals surface area contributed by atoms with E-state index in [0.717, 1.165) is 11.3 Å². The Morgan fingerprint density at radius 1 is 1.30 bits per heavy atom. The summed E-state index contributed by atoms with van der Waals surface area (Å²) in [6.45, 7) is 2.93. The van der Waals surface area contributed by atoms with Crippen molar-refractivity contribution in [3.63, 3.8) is 0 Å². The number of hydrogen-bond acceptors (Lipinski definition) is 5. The molecule has 1 aromatic heterocycles. The quantitative estimate of drug-likeness (QED) is 0.603. The molecule has 1 aliphatic rings. The maximum Gasteiger partial charge on any atom is 0.266 e. The first-order valence-electron chi connectivity index (χ1n) is 7.18. The number of hydrogen-bond donors (Lipinski definition) is 0. The van der Waals surface area contributed by atoms with Crippen LogP contribution in [0.4, 0.5) is 0 Å². The number of ether oxygens (including phenoxy) is 1. The van der Waals surface area contributed by atoms with Crippen molar-refractivity contribution in [2.75, 3.05) is 6.61 Å². The first-order chi connectivity index (χ1) is 11.2. The molecule has 0 atom stereocenters. The third-order valence-electron chi connectivity index (χ3n) is 3.26. The van der Waals surface area contributed by atoms with E-state index in [1.807, 2.05) is 43.3 Å². The summed E-state index contributed by atoms with van der Waals surface area (Å²) in [5.41, 5.74) is 0.937. The number of nitrogens with zero attached hydrogens (tertiary/aromatic N) is 1. The van der Waals surface area contributed by atoms with Gasteiger partial charge in [-0.1, -0.05) is 36.1 Å². The normalized spacial score (nSPS) is 16.4. The molecule has 3 rings (SSSR count). The van der Waals surface area contributed by atoms with Crippen molar-refractivity contribution in [2.24, 2.45) is 0 Å². The van der Waals surface area contributed by atoms with Crippen molar-refractivity contribution in [3.05, 3.63) is 58.9 Å². The zero-order valence-electron chi connectivity index (χ0n) is 12.5. The number of amides is 1. The van der Waals surface area contributed by atoms with Crippen LogP contribution in [0.1, 0.15) is 18.2 Å². The van der Waals surface area contributed by atoms with Gasteiger partial charge in [0.2, 0.25) is 0 Å². The molecule has 0 radical (unpaired) electrons. The van der Waals surface area contributed by atoms with E-state index in [2.05, 4.69) is 0 Å². The molecule has 1 saturated heterocycles. The standard InChI is InChI=1S/C17H15NO3S2/c1-2-20-13-7-5-12(6-8-13)10-15-16(19)18(17(22)23-15)11-14-4-3-9-21-14/h3-10H,2,11H2,1H3. The van der Waals surface area contributed by atoms with Crippen molar-refractivity contribution in [1.82, 2.24) is 4.90 Å². The molecular weight excluding hydrogens is 330 g/mol. The second-order valence-electron chi connectivity index (χ2n) is 4.85. The fourth-order valence-corrected chi connectivity index (χ4v) is 3.43. The minimum absolute atomic E-state index is 0.0923. The minimum Gasteiger partial charge on any atom is -0.494 e. The Kier molecular flexibility index (Phi) is 4.83. The van der Waals surface area contributed by atoms with Gasteiger partial charge in [-0.3, -0.25) is 9.69 Å². The monoisotopic (exact) mass is 345 g/mol. The van der Waals surface area contributed by atoms with Gasteiger partial charge < -0.3 is 9.15 Å². The Bertz CT molecular complexity index is 736. The topological polar surface area (TPSA) is 42.7 Å². The van der Waals surface area contributed by atoms with Crippen molar-refractivity contribution in [3.8, 4) is 5.75 Å². The van der Waals surface area contributed by atoms with Gasteiger partial charge in [-0.2, -0.15) is 0 Å². The number of benzene rings is 1. The summed E-state index contributed by atoms with van der Waals surface area (Å²) in [6.07, 6.45) is 3.43. The van der Waals surface area contributed by atoms with Gasteiger partial charge in [-0.25, -0.2) is 0 Å². The van der Waals surface area contributed by atoms with Crippen LogP contribution in [0, 0.1) is 0 Å². The first-order valence-corrected chi connectivity index (χ1v) is 8.40. The Morgan fingerprint density at radius 3 is 2.74 bits per heavy atom. The first kappa shape index (κ1) is 15.8. The van der Waals surface area contributed by atoms with E-state index < -0.39 is 0 Å². The highest BCUT2D eigenvalue weighted by molar-refractivity contribution is 8.26. The second-order valence-corrected chi connectivity index (χ2v) is 6.53. The maximum absolute atomic E-state index is 12.5. The van der Waals surface area contributed by atoms with Gasteiger partial charge in [0, 0.05) is 0 Å². The minimum atomic E-state index is -0.0923. The maximum atomic E-state index is 12.5. The van der Waals surface area contributed by atoms with E-state index in [9.17, 15) is 4.79 Å². The summed E-state index contributed by atoms with van der Waals surface area (Å²) >= 11 is 6.61. The third-order valence-corrected chi connectivity index (χ3v) is 4.63. The number of carbonyl (C=O) groups excluding carboxylic acids is 1.